The summed E-state index contributed by atoms with van der Waals surface area (Å²) < 4.78 is 21.9. The SMILES string of the molecule is CC(=O)N[C@@H](CO)[C@@H](O[C@@H]1O[C@@H](C)[C@@H](O)[C@@H](O)[C@@H]1O)[C@@H](O[C@@H]1O[C@H](CO)[C@H](O)[C@H](O)[C@H]1O)[C@H](O)CO. The van der Waals surface area contributed by atoms with E-state index in [0.717, 1.165) is 6.92 Å². The fourth-order valence-corrected chi connectivity index (χ4v) is 4.00. The van der Waals surface area contributed by atoms with Crippen LogP contribution in [0, 0.1) is 0 Å². The van der Waals surface area contributed by atoms with E-state index in [4.69, 9.17) is 18.9 Å². The van der Waals surface area contributed by atoms with Crippen molar-refractivity contribution in [2.45, 2.75) is 99.6 Å². The van der Waals surface area contributed by atoms with Gasteiger partial charge in [0.1, 0.15) is 61.0 Å². The lowest BCUT2D eigenvalue weighted by atomic mass is 9.97. The van der Waals surface area contributed by atoms with Crippen molar-refractivity contribution in [2.24, 2.45) is 0 Å². The lowest BCUT2D eigenvalue weighted by molar-refractivity contribution is -0.347. The van der Waals surface area contributed by atoms with Crippen molar-refractivity contribution >= 4 is 5.91 Å². The summed E-state index contributed by atoms with van der Waals surface area (Å²) in [7, 11) is 0. The molecule has 11 N–H and O–H groups in total. The second-order valence-electron chi connectivity index (χ2n) is 8.82. The molecule has 2 fully saturated rings. The van der Waals surface area contributed by atoms with Crippen LogP contribution in [-0.4, -0.2) is 163 Å². The molecule has 0 aromatic heterocycles. The van der Waals surface area contributed by atoms with Gasteiger partial charge in [0.25, 0.3) is 0 Å². The average Bonchev–Trinajstić information content (AvgIpc) is 2.85. The normalized spacial score (nSPS) is 40.8. The number of rotatable bonds is 11. The van der Waals surface area contributed by atoms with Gasteiger partial charge in [0.2, 0.25) is 5.91 Å². The van der Waals surface area contributed by atoms with Crippen molar-refractivity contribution in [1.82, 2.24) is 5.32 Å². The molecular formula is C20H37NO15. The van der Waals surface area contributed by atoms with Crippen molar-refractivity contribution in [1.29, 1.82) is 0 Å². The first-order valence-electron chi connectivity index (χ1n) is 11.4. The van der Waals surface area contributed by atoms with Gasteiger partial charge < -0.3 is 75.3 Å². The fourth-order valence-electron chi connectivity index (χ4n) is 4.00. The third-order valence-electron chi connectivity index (χ3n) is 6.11. The summed E-state index contributed by atoms with van der Waals surface area (Å²) in [5.41, 5.74) is 0. The monoisotopic (exact) mass is 531 g/mol. The van der Waals surface area contributed by atoms with E-state index in [1.54, 1.807) is 0 Å². The van der Waals surface area contributed by atoms with Crippen LogP contribution in [0.25, 0.3) is 0 Å². The van der Waals surface area contributed by atoms with Crippen LogP contribution in [0.1, 0.15) is 13.8 Å². The van der Waals surface area contributed by atoms with E-state index in [2.05, 4.69) is 5.32 Å². The molecule has 16 nitrogen and oxygen atoms in total. The Balaban J connectivity index is 2.41. The number of aliphatic hydroxyl groups excluding tert-OH is 10. The lowest BCUT2D eigenvalue weighted by Crippen LogP contribution is -2.64. The van der Waals surface area contributed by atoms with Crippen molar-refractivity contribution in [3.8, 4) is 0 Å². The molecule has 0 bridgehead atoms. The first-order valence-corrected chi connectivity index (χ1v) is 11.4. The van der Waals surface area contributed by atoms with Crippen LogP contribution in [0.3, 0.4) is 0 Å². The highest BCUT2D eigenvalue weighted by Crippen LogP contribution is 2.29. The van der Waals surface area contributed by atoms with E-state index in [0.29, 0.717) is 0 Å². The Labute approximate surface area is 206 Å². The lowest BCUT2D eigenvalue weighted by Gasteiger charge is -2.45. The number of ether oxygens (including phenoxy) is 4. The average molecular weight is 532 g/mol. The van der Waals surface area contributed by atoms with Crippen LogP contribution in [0.5, 0.6) is 0 Å². The van der Waals surface area contributed by atoms with E-state index in [9.17, 15) is 55.9 Å². The van der Waals surface area contributed by atoms with Crippen LogP contribution >= 0.6 is 0 Å². The van der Waals surface area contributed by atoms with Gasteiger partial charge >= 0.3 is 0 Å². The molecule has 0 unspecified atom stereocenters. The van der Waals surface area contributed by atoms with E-state index in [1.807, 2.05) is 0 Å². The predicted octanol–water partition coefficient (Wildman–Crippen LogP) is -6.77. The van der Waals surface area contributed by atoms with Gasteiger partial charge in [0.15, 0.2) is 12.6 Å². The molecular weight excluding hydrogens is 494 g/mol. The molecule has 0 aromatic rings. The largest absolute Gasteiger partial charge is 0.394 e. The molecule has 1 amide bonds. The smallest absolute Gasteiger partial charge is 0.217 e. The molecule has 0 radical (unpaired) electrons. The molecule has 2 heterocycles. The summed E-state index contributed by atoms with van der Waals surface area (Å²) in [5.74, 6) is -0.665. The summed E-state index contributed by atoms with van der Waals surface area (Å²) in [5, 5.41) is 103. The maximum absolute atomic E-state index is 11.7. The quantitative estimate of drug-likeness (QED) is 0.118. The zero-order chi connectivity index (χ0) is 27.3. The third kappa shape index (κ3) is 7.06. The molecule has 0 aromatic carbocycles. The molecule has 0 spiro atoms. The number of nitrogens with one attached hydrogen (secondary N) is 1. The number of carbonyl (C=O) groups excluding carboxylic acids is 1. The van der Waals surface area contributed by atoms with Crippen LogP contribution in [0.4, 0.5) is 0 Å². The zero-order valence-electron chi connectivity index (χ0n) is 19.7. The van der Waals surface area contributed by atoms with Crippen LogP contribution in [0.2, 0.25) is 0 Å². The summed E-state index contributed by atoms with van der Waals surface area (Å²) in [6, 6.07) is -1.39. The molecule has 0 saturated carbocycles. The highest BCUT2D eigenvalue weighted by atomic mass is 16.7. The van der Waals surface area contributed by atoms with E-state index in [1.165, 1.54) is 6.92 Å². The minimum atomic E-state index is -1.92. The van der Waals surface area contributed by atoms with Gasteiger partial charge in [-0.1, -0.05) is 0 Å². The minimum Gasteiger partial charge on any atom is -0.394 e. The maximum atomic E-state index is 11.7. The van der Waals surface area contributed by atoms with Gasteiger partial charge in [0, 0.05) is 6.92 Å². The fraction of sp³-hybridized carbons (Fsp3) is 0.950. The van der Waals surface area contributed by atoms with Crippen molar-refractivity contribution in [3.63, 3.8) is 0 Å². The Kier molecular flexibility index (Phi) is 11.8. The Hall–Kier alpha value is -1.09. The molecule has 36 heavy (non-hydrogen) atoms. The zero-order valence-corrected chi connectivity index (χ0v) is 19.7. The predicted molar refractivity (Wildman–Crippen MR) is 114 cm³/mol. The number of hydrogen-bond acceptors (Lipinski definition) is 15. The second-order valence-corrected chi connectivity index (χ2v) is 8.82. The molecule has 2 aliphatic rings. The third-order valence-corrected chi connectivity index (χ3v) is 6.11. The Morgan fingerprint density at radius 2 is 1.33 bits per heavy atom. The number of hydrogen-bond donors (Lipinski definition) is 11. The van der Waals surface area contributed by atoms with Crippen molar-refractivity contribution < 1.29 is 74.8 Å². The van der Waals surface area contributed by atoms with E-state index < -0.39 is 111 Å². The van der Waals surface area contributed by atoms with Crippen LogP contribution in [-0.2, 0) is 23.7 Å². The number of amides is 1. The molecule has 14 atom stereocenters. The van der Waals surface area contributed by atoms with Gasteiger partial charge in [-0.2, -0.15) is 0 Å². The topological polar surface area (TPSA) is 268 Å². The van der Waals surface area contributed by atoms with Gasteiger partial charge in [-0.15, -0.1) is 0 Å². The highest BCUT2D eigenvalue weighted by Gasteiger charge is 2.50. The van der Waals surface area contributed by atoms with Crippen LogP contribution < -0.4 is 5.32 Å². The van der Waals surface area contributed by atoms with Gasteiger partial charge in [-0.25, -0.2) is 0 Å². The first-order chi connectivity index (χ1) is 16.9. The number of aliphatic hydroxyl groups is 10. The molecule has 0 aliphatic carbocycles. The second kappa shape index (κ2) is 13.6. The van der Waals surface area contributed by atoms with Gasteiger partial charge in [0.05, 0.1) is 32.0 Å². The minimum absolute atomic E-state index is 0.665. The summed E-state index contributed by atoms with van der Waals surface area (Å²) in [4.78, 5) is 11.7. The molecule has 2 saturated heterocycles. The van der Waals surface area contributed by atoms with E-state index >= 15 is 0 Å². The summed E-state index contributed by atoms with van der Waals surface area (Å²) in [6.45, 7) is -0.132. The summed E-state index contributed by atoms with van der Waals surface area (Å²) >= 11 is 0. The van der Waals surface area contributed by atoms with Crippen molar-refractivity contribution in [2.75, 3.05) is 19.8 Å². The molecule has 212 valence electrons. The van der Waals surface area contributed by atoms with Crippen LogP contribution in [0.15, 0.2) is 0 Å². The molecule has 16 heteroatoms. The first kappa shape index (κ1) is 31.1. The van der Waals surface area contributed by atoms with E-state index in [-0.39, 0.29) is 0 Å². The Morgan fingerprint density at radius 1 is 0.806 bits per heavy atom. The Morgan fingerprint density at radius 3 is 1.83 bits per heavy atom. The summed E-state index contributed by atoms with van der Waals surface area (Å²) in [6.07, 6.45) is -21.8. The maximum Gasteiger partial charge on any atom is 0.217 e. The number of carbonyl (C=O) groups is 1. The standard InChI is InChI=1S/C20H37NO15/c1-6-11(27)13(29)15(31)19(33-6)35-17(8(3-22)21-7(2)25)18(9(26)4-23)36-20-16(32)14(30)12(28)10(5-24)34-20/h6,8-20,22-24,26-32H,3-5H2,1-2H3,(H,21,25)/t6-,8-,9+,10+,11+,12-,13+,14-,15-,16+,17+,18-,19-,20-/m0/s1. The Bertz CT molecular complexity index is 685. The molecule has 2 aliphatic heterocycles. The highest BCUT2D eigenvalue weighted by molar-refractivity contribution is 5.73. The van der Waals surface area contributed by atoms with Crippen molar-refractivity contribution in [3.05, 3.63) is 0 Å². The van der Waals surface area contributed by atoms with Gasteiger partial charge in [-0.05, 0) is 6.92 Å². The van der Waals surface area contributed by atoms with Gasteiger partial charge in [-0.3, -0.25) is 4.79 Å². The molecule has 2 rings (SSSR count).